The molecular weight excluding hydrogens is 324 g/mol. The van der Waals surface area contributed by atoms with E-state index >= 15 is 0 Å². The third-order valence-electron chi connectivity index (χ3n) is 3.54. The first-order chi connectivity index (χ1) is 12.0. The van der Waals surface area contributed by atoms with Crippen LogP contribution in [-0.2, 0) is 11.3 Å². The lowest BCUT2D eigenvalue weighted by atomic mass is 10.2. The molecule has 25 heavy (non-hydrogen) atoms. The van der Waals surface area contributed by atoms with Crippen molar-refractivity contribution in [1.29, 1.82) is 0 Å². The molecule has 130 valence electrons. The number of rotatable bonds is 6. The molecule has 0 spiro atoms. The van der Waals surface area contributed by atoms with Gasteiger partial charge >= 0.3 is 0 Å². The molecule has 0 bridgehead atoms. The number of anilines is 1. The summed E-state index contributed by atoms with van der Waals surface area (Å²) >= 11 is 0. The van der Waals surface area contributed by atoms with Crippen molar-refractivity contribution in [2.24, 2.45) is 0 Å². The summed E-state index contributed by atoms with van der Waals surface area (Å²) in [5.41, 5.74) is 1.08. The van der Waals surface area contributed by atoms with E-state index in [2.05, 4.69) is 25.5 Å². The van der Waals surface area contributed by atoms with Crippen molar-refractivity contribution in [2.75, 3.05) is 26.0 Å². The molecule has 0 saturated heterocycles. The van der Waals surface area contributed by atoms with Gasteiger partial charge in [-0.1, -0.05) is 12.1 Å². The predicted molar refractivity (Wildman–Crippen MR) is 92.5 cm³/mol. The Morgan fingerprint density at radius 3 is 3.00 bits per heavy atom. The number of aromatic amines is 2. The average Bonchev–Trinajstić information content (AvgIpc) is 3.07. The summed E-state index contributed by atoms with van der Waals surface area (Å²) < 4.78 is 5.48. The van der Waals surface area contributed by atoms with Crippen LogP contribution in [-0.4, -0.2) is 51.7 Å². The van der Waals surface area contributed by atoms with Gasteiger partial charge in [-0.2, -0.15) is 10.1 Å². The van der Waals surface area contributed by atoms with E-state index in [-0.39, 0.29) is 18.1 Å². The van der Waals surface area contributed by atoms with Crippen LogP contribution in [0, 0.1) is 0 Å². The predicted octanol–water partition coefficient (Wildman–Crippen LogP) is 0.725. The number of hydrogen-bond acceptors (Lipinski definition) is 6. The maximum atomic E-state index is 11.9. The van der Waals surface area contributed by atoms with Gasteiger partial charge in [0.1, 0.15) is 11.1 Å². The summed E-state index contributed by atoms with van der Waals surface area (Å²) in [7, 11) is 3.35. The van der Waals surface area contributed by atoms with Crippen LogP contribution in [0.3, 0.4) is 0 Å². The van der Waals surface area contributed by atoms with Gasteiger partial charge in [0.15, 0.2) is 12.3 Å². The second-order valence-electron chi connectivity index (χ2n) is 5.62. The van der Waals surface area contributed by atoms with Crippen LogP contribution in [0.25, 0.3) is 11.0 Å². The Morgan fingerprint density at radius 2 is 2.20 bits per heavy atom. The van der Waals surface area contributed by atoms with Gasteiger partial charge < -0.3 is 15.0 Å². The molecular formula is C16H18N6O3. The van der Waals surface area contributed by atoms with Gasteiger partial charge in [-0.15, -0.1) is 0 Å². The summed E-state index contributed by atoms with van der Waals surface area (Å²) in [6.45, 7) is 0.413. The van der Waals surface area contributed by atoms with Crippen LogP contribution in [0.2, 0.25) is 0 Å². The van der Waals surface area contributed by atoms with Crippen molar-refractivity contribution in [3.63, 3.8) is 0 Å². The number of nitrogens with one attached hydrogen (secondary N) is 3. The van der Waals surface area contributed by atoms with E-state index < -0.39 is 0 Å². The fourth-order valence-electron chi connectivity index (χ4n) is 2.13. The second-order valence-corrected chi connectivity index (χ2v) is 5.62. The Hall–Kier alpha value is -3.36. The number of H-pyrrole nitrogens is 2. The standard InChI is InChI=1S/C16H18N6O3/c1-22(2)13(23)9-25-11-5-3-4-10(6-11)7-17-16-19-14-12(8-18-21-14)15(24)20-16/h3-6,8H,7,9H2,1-2H3,(H3,17,18,19,20,21,24). The zero-order chi connectivity index (χ0) is 17.8. The normalized spacial score (nSPS) is 10.6. The molecule has 0 fully saturated rings. The van der Waals surface area contributed by atoms with Gasteiger partial charge in [0.25, 0.3) is 11.5 Å². The largest absolute Gasteiger partial charge is 0.484 e. The zero-order valence-electron chi connectivity index (χ0n) is 13.9. The topological polar surface area (TPSA) is 116 Å². The van der Waals surface area contributed by atoms with Crippen molar-refractivity contribution in [3.05, 3.63) is 46.4 Å². The summed E-state index contributed by atoms with van der Waals surface area (Å²) in [6.07, 6.45) is 1.43. The third kappa shape index (κ3) is 3.94. The van der Waals surface area contributed by atoms with E-state index in [1.807, 2.05) is 18.2 Å². The van der Waals surface area contributed by atoms with Gasteiger partial charge in [-0.05, 0) is 17.7 Å². The van der Waals surface area contributed by atoms with Crippen LogP contribution in [0.5, 0.6) is 5.75 Å². The molecule has 9 nitrogen and oxygen atoms in total. The summed E-state index contributed by atoms with van der Waals surface area (Å²) in [4.78, 5) is 31.8. The second kappa shape index (κ2) is 7.04. The van der Waals surface area contributed by atoms with Crippen LogP contribution in [0.4, 0.5) is 5.95 Å². The number of benzene rings is 1. The number of likely N-dealkylation sites (N-methyl/N-ethyl adjacent to an activating group) is 1. The van der Waals surface area contributed by atoms with Crippen LogP contribution in [0.1, 0.15) is 5.56 Å². The van der Waals surface area contributed by atoms with Gasteiger partial charge in [-0.3, -0.25) is 19.7 Å². The number of carbonyl (C=O) groups excluding carboxylic acids is 1. The highest BCUT2D eigenvalue weighted by molar-refractivity contribution is 5.77. The van der Waals surface area contributed by atoms with Crippen molar-refractivity contribution in [3.8, 4) is 5.75 Å². The van der Waals surface area contributed by atoms with Crippen LogP contribution in [0.15, 0.2) is 35.3 Å². The number of hydrogen-bond donors (Lipinski definition) is 3. The smallest absolute Gasteiger partial charge is 0.263 e. The maximum absolute atomic E-state index is 11.9. The van der Waals surface area contributed by atoms with Gasteiger partial charge in [0.2, 0.25) is 5.95 Å². The molecule has 0 radical (unpaired) electrons. The molecule has 1 amide bonds. The zero-order valence-corrected chi connectivity index (χ0v) is 13.9. The van der Waals surface area contributed by atoms with E-state index in [1.165, 1.54) is 11.1 Å². The highest BCUT2D eigenvalue weighted by Crippen LogP contribution is 2.14. The molecule has 3 N–H and O–H groups in total. The van der Waals surface area contributed by atoms with Gasteiger partial charge in [0, 0.05) is 20.6 Å². The third-order valence-corrected chi connectivity index (χ3v) is 3.54. The quantitative estimate of drug-likeness (QED) is 0.608. The molecule has 9 heteroatoms. The summed E-state index contributed by atoms with van der Waals surface area (Å²) in [5, 5.41) is 9.92. The average molecular weight is 342 g/mol. The minimum atomic E-state index is -0.263. The molecule has 0 aliphatic heterocycles. The van der Waals surface area contributed by atoms with Crippen LogP contribution >= 0.6 is 0 Å². The molecule has 1 aromatic carbocycles. The minimum absolute atomic E-state index is 0.0186. The van der Waals surface area contributed by atoms with Crippen LogP contribution < -0.4 is 15.6 Å². The van der Waals surface area contributed by atoms with Crippen molar-refractivity contribution < 1.29 is 9.53 Å². The summed E-state index contributed by atoms with van der Waals surface area (Å²) in [5.74, 6) is 0.828. The van der Waals surface area contributed by atoms with Crippen molar-refractivity contribution >= 4 is 22.9 Å². The lowest BCUT2D eigenvalue weighted by molar-refractivity contribution is -0.130. The Balaban J connectivity index is 1.65. The molecule has 3 rings (SSSR count). The minimum Gasteiger partial charge on any atom is -0.484 e. The summed E-state index contributed by atoms with van der Waals surface area (Å²) in [6, 6.07) is 7.34. The first kappa shape index (κ1) is 16.5. The number of nitrogens with zero attached hydrogens (tertiary/aromatic N) is 3. The lowest BCUT2D eigenvalue weighted by Gasteiger charge is -2.12. The van der Waals surface area contributed by atoms with Crippen molar-refractivity contribution in [2.45, 2.75) is 6.54 Å². The first-order valence-corrected chi connectivity index (χ1v) is 7.62. The highest BCUT2D eigenvalue weighted by Gasteiger charge is 2.07. The van der Waals surface area contributed by atoms with E-state index in [9.17, 15) is 9.59 Å². The van der Waals surface area contributed by atoms with Crippen molar-refractivity contribution in [1.82, 2.24) is 25.1 Å². The van der Waals surface area contributed by atoms with E-state index in [0.717, 1.165) is 5.56 Å². The fourth-order valence-corrected chi connectivity index (χ4v) is 2.13. The molecule has 0 aliphatic rings. The number of fused-ring (bicyclic) bond motifs is 1. The Labute approximate surface area is 143 Å². The van der Waals surface area contributed by atoms with E-state index in [1.54, 1.807) is 20.2 Å². The SMILES string of the molecule is CN(C)C(=O)COc1cccc(CNc2nc3[nH]ncc3c(=O)[nH]2)c1. The number of amides is 1. The molecule has 0 saturated carbocycles. The van der Waals surface area contributed by atoms with Gasteiger partial charge in [0.05, 0.1) is 6.20 Å². The monoisotopic (exact) mass is 342 g/mol. The van der Waals surface area contributed by atoms with Gasteiger partial charge in [-0.25, -0.2) is 0 Å². The molecule has 2 heterocycles. The van der Waals surface area contributed by atoms with E-state index in [0.29, 0.717) is 29.3 Å². The Bertz CT molecular complexity index is 946. The molecule has 2 aromatic heterocycles. The fraction of sp³-hybridized carbons (Fsp3) is 0.250. The molecule has 0 atom stereocenters. The Morgan fingerprint density at radius 1 is 1.36 bits per heavy atom. The highest BCUT2D eigenvalue weighted by atomic mass is 16.5. The number of ether oxygens (including phenoxy) is 1. The molecule has 0 unspecified atom stereocenters. The lowest BCUT2D eigenvalue weighted by Crippen LogP contribution is -2.27. The molecule has 3 aromatic rings. The van der Waals surface area contributed by atoms with E-state index in [4.69, 9.17) is 4.74 Å². The maximum Gasteiger partial charge on any atom is 0.263 e. The Kier molecular flexibility index (Phi) is 4.64. The number of carbonyl (C=O) groups is 1. The number of aromatic nitrogens is 4. The molecule has 0 aliphatic carbocycles. The first-order valence-electron chi connectivity index (χ1n) is 7.62.